The van der Waals surface area contributed by atoms with Crippen LogP contribution in [0.15, 0.2) is 72.8 Å². The zero-order valence-electron chi connectivity index (χ0n) is 14.9. The summed E-state index contributed by atoms with van der Waals surface area (Å²) in [4.78, 5) is 12.3. The van der Waals surface area contributed by atoms with E-state index >= 15 is 0 Å². The number of nitrogens with one attached hydrogen (secondary N) is 1. The normalized spacial score (nSPS) is 10.2. The fraction of sp³-hybridized carbons (Fsp3) is 0.136. The van der Waals surface area contributed by atoms with E-state index in [4.69, 9.17) is 9.47 Å². The van der Waals surface area contributed by atoms with Crippen molar-refractivity contribution < 1.29 is 14.3 Å². The Morgan fingerprint density at radius 1 is 0.885 bits per heavy atom. The number of ether oxygens (including phenoxy) is 2. The molecule has 132 valence electrons. The van der Waals surface area contributed by atoms with Crippen LogP contribution >= 0.6 is 0 Å². The summed E-state index contributed by atoms with van der Waals surface area (Å²) >= 11 is 0. The van der Waals surface area contributed by atoms with Crippen molar-refractivity contribution in [2.75, 3.05) is 7.11 Å². The SMILES string of the molecule is COc1ccccc1CNC(=O)c1ccc(Oc2ccc(C)cc2)cc1. The first-order chi connectivity index (χ1) is 12.7. The number of benzene rings is 3. The number of carbonyl (C=O) groups excluding carboxylic acids is 1. The van der Waals surface area contributed by atoms with E-state index in [1.165, 1.54) is 5.56 Å². The summed E-state index contributed by atoms with van der Waals surface area (Å²) in [6.07, 6.45) is 0. The van der Waals surface area contributed by atoms with Gasteiger partial charge in [0.25, 0.3) is 5.91 Å². The van der Waals surface area contributed by atoms with Gasteiger partial charge in [-0.3, -0.25) is 4.79 Å². The Bertz CT molecular complexity index is 871. The first kappa shape index (κ1) is 17.5. The Labute approximate surface area is 153 Å². The maximum absolute atomic E-state index is 12.3. The van der Waals surface area contributed by atoms with Gasteiger partial charge in [0.2, 0.25) is 0 Å². The number of para-hydroxylation sites is 1. The molecule has 0 aliphatic carbocycles. The van der Waals surface area contributed by atoms with Gasteiger partial charge in [-0.2, -0.15) is 0 Å². The van der Waals surface area contributed by atoms with Crippen LogP contribution in [0.4, 0.5) is 0 Å². The van der Waals surface area contributed by atoms with Crippen molar-refractivity contribution in [3.8, 4) is 17.2 Å². The van der Waals surface area contributed by atoms with Crippen LogP contribution in [0.3, 0.4) is 0 Å². The van der Waals surface area contributed by atoms with Crippen LogP contribution in [0.25, 0.3) is 0 Å². The van der Waals surface area contributed by atoms with Crippen LogP contribution in [-0.4, -0.2) is 13.0 Å². The Balaban J connectivity index is 1.60. The van der Waals surface area contributed by atoms with Gasteiger partial charge in [-0.05, 0) is 49.4 Å². The molecule has 0 saturated carbocycles. The molecule has 4 heteroatoms. The molecule has 3 aromatic rings. The van der Waals surface area contributed by atoms with Gasteiger partial charge in [0.1, 0.15) is 17.2 Å². The summed E-state index contributed by atoms with van der Waals surface area (Å²) in [6, 6.07) is 22.5. The number of hydrogen-bond donors (Lipinski definition) is 1. The molecule has 0 saturated heterocycles. The third-order valence-electron chi connectivity index (χ3n) is 4.01. The smallest absolute Gasteiger partial charge is 0.251 e. The maximum Gasteiger partial charge on any atom is 0.251 e. The van der Waals surface area contributed by atoms with Gasteiger partial charge in [-0.25, -0.2) is 0 Å². The van der Waals surface area contributed by atoms with E-state index in [0.29, 0.717) is 17.9 Å². The van der Waals surface area contributed by atoms with Gasteiger partial charge in [-0.15, -0.1) is 0 Å². The lowest BCUT2D eigenvalue weighted by Crippen LogP contribution is -2.22. The molecule has 0 heterocycles. The van der Waals surface area contributed by atoms with E-state index in [9.17, 15) is 4.79 Å². The molecule has 3 aromatic carbocycles. The van der Waals surface area contributed by atoms with Gasteiger partial charge in [0.15, 0.2) is 0 Å². The fourth-order valence-electron chi connectivity index (χ4n) is 2.54. The second kappa shape index (κ2) is 8.21. The highest BCUT2D eigenvalue weighted by Crippen LogP contribution is 2.22. The lowest BCUT2D eigenvalue weighted by atomic mass is 10.1. The summed E-state index contributed by atoms with van der Waals surface area (Å²) < 4.78 is 11.1. The quantitative estimate of drug-likeness (QED) is 0.701. The van der Waals surface area contributed by atoms with Gasteiger partial charge >= 0.3 is 0 Å². The lowest BCUT2D eigenvalue weighted by Gasteiger charge is -2.10. The predicted octanol–water partition coefficient (Wildman–Crippen LogP) is 4.73. The average Bonchev–Trinajstić information content (AvgIpc) is 2.68. The number of aryl methyl sites for hydroxylation is 1. The van der Waals surface area contributed by atoms with Crippen LogP contribution in [0.2, 0.25) is 0 Å². The van der Waals surface area contributed by atoms with Crippen LogP contribution in [-0.2, 0) is 6.54 Å². The highest BCUT2D eigenvalue weighted by molar-refractivity contribution is 5.94. The van der Waals surface area contributed by atoms with Crippen molar-refractivity contribution in [3.63, 3.8) is 0 Å². The Morgan fingerprint density at radius 2 is 1.50 bits per heavy atom. The van der Waals surface area contributed by atoms with E-state index in [2.05, 4.69) is 5.32 Å². The molecule has 0 radical (unpaired) electrons. The van der Waals surface area contributed by atoms with Gasteiger partial charge in [0.05, 0.1) is 7.11 Å². The van der Waals surface area contributed by atoms with E-state index in [-0.39, 0.29) is 5.91 Å². The molecule has 4 nitrogen and oxygen atoms in total. The first-order valence-corrected chi connectivity index (χ1v) is 8.40. The molecule has 3 rings (SSSR count). The molecular formula is C22H21NO3. The molecule has 0 aromatic heterocycles. The van der Waals surface area contributed by atoms with Crippen LogP contribution < -0.4 is 14.8 Å². The molecule has 0 fully saturated rings. The molecule has 0 aliphatic rings. The van der Waals surface area contributed by atoms with Gasteiger partial charge < -0.3 is 14.8 Å². The molecule has 1 amide bonds. The maximum atomic E-state index is 12.3. The highest BCUT2D eigenvalue weighted by atomic mass is 16.5. The number of rotatable bonds is 6. The summed E-state index contributed by atoms with van der Waals surface area (Å²) in [5.74, 6) is 2.08. The predicted molar refractivity (Wildman–Crippen MR) is 102 cm³/mol. The third kappa shape index (κ3) is 4.42. The van der Waals surface area contributed by atoms with Crippen LogP contribution in [0.1, 0.15) is 21.5 Å². The lowest BCUT2D eigenvalue weighted by molar-refractivity contribution is 0.0950. The first-order valence-electron chi connectivity index (χ1n) is 8.40. The molecule has 1 N–H and O–H groups in total. The standard InChI is InChI=1S/C22H21NO3/c1-16-7-11-19(12-8-16)26-20-13-9-17(10-14-20)22(24)23-15-18-5-3-4-6-21(18)25-2/h3-14H,15H2,1-2H3,(H,23,24). The molecule has 0 aliphatic heterocycles. The molecular weight excluding hydrogens is 326 g/mol. The highest BCUT2D eigenvalue weighted by Gasteiger charge is 2.08. The zero-order chi connectivity index (χ0) is 18.4. The topological polar surface area (TPSA) is 47.6 Å². The molecule has 0 unspecified atom stereocenters. The second-order valence-electron chi connectivity index (χ2n) is 5.93. The summed E-state index contributed by atoms with van der Waals surface area (Å²) in [5.41, 5.74) is 2.69. The number of methoxy groups -OCH3 is 1. The van der Waals surface area contributed by atoms with Gasteiger partial charge in [-0.1, -0.05) is 35.9 Å². The minimum Gasteiger partial charge on any atom is -0.496 e. The average molecular weight is 347 g/mol. The van der Waals surface area contributed by atoms with E-state index in [1.807, 2.05) is 55.5 Å². The molecule has 0 atom stereocenters. The summed E-state index contributed by atoms with van der Waals surface area (Å²) in [6.45, 7) is 2.44. The van der Waals surface area contributed by atoms with Crippen molar-refractivity contribution in [1.82, 2.24) is 5.32 Å². The van der Waals surface area contributed by atoms with Crippen LogP contribution in [0.5, 0.6) is 17.2 Å². The number of hydrogen-bond acceptors (Lipinski definition) is 3. The summed E-state index contributed by atoms with van der Waals surface area (Å²) in [7, 11) is 1.62. The van der Waals surface area contributed by atoms with Crippen molar-refractivity contribution in [1.29, 1.82) is 0 Å². The van der Waals surface area contributed by atoms with Gasteiger partial charge in [0, 0.05) is 17.7 Å². The molecule has 26 heavy (non-hydrogen) atoms. The Hall–Kier alpha value is -3.27. The van der Waals surface area contributed by atoms with Crippen molar-refractivity contribution in [3.05, 3.63) is 89.5 Å². The minimum absolute atomic E-state index is 0.141. The largest absolute Gasteiger partial charge is 0.496 e. The van der Waals surface area contributed by atoms with Crippen LogP contribution in [0, 0.1) is 6.92 Å². The summed E-state index contributed by atoms with van der Waals surface area (Å²) in [5, 5.41) is 2.91. The van der Waals surface area contributed by atoms with Crippen molar-refractivity contribution in [2.24, 2.45) is 0 Å². The van der Waals surface area contributed by atoms with E-state index in [1.54, 1.807) is 31.4 Å². The van der Waals surface area contributed by atoms with E-state index in [0.717, 1.165) is 17.1 Å². The third-order valence-corrected chi connectivity index (χ3v) is 4.01. The Morgan fingerprint density at radius 3 is 2.15 bits per heavy atom. The number of amides is 1. The van der Waals surface area contributed by atoms with E-state index < -0.39 is 0 Å². The van der Waals surface area contributed by atoms with Crippen molar-refractivity contribution >= 4 is 5.91 Å². The minimum atomic E-state index is -0.141. The zero-order valence-corrected chi connectivity index (χ0v) is 14.9. The second-order valence-corrected chi connectivity index (χ2v) is 5.93. The Kier molecular flexibility index (Phi) is 5.54. The monoisotopic (exact) mass is 347 g/mol. The number of carbonyl (C=O) groups is 1. The van der Waals surface area contributed by atoms with Crippen molar-refractivity contribution in [2.45, 2.75) is 13.5 Å². The molecule has 0 spiro atoms. The fourth-order valence-corrected chi connectivity index (χ4v) is 2.54. The molecule has 0 bridgehead atoms.